The zero-order chi connectivity index (χ0) is 28.5. The van der Waals surface area contributed by atoms with E-state index >= 15 is 4.39 Å². The van der Waals surface area contributed by atoms with Gasteiger partial charge in [0, 0.05) is 20.0 Å². The van der Waals surface area contributed by atoms with E-state index in [0.29, 0.717) is 0 Å². The van der Waals surface area contributed by atoms with E-state index in [1.165, 1.54) is 42.3 Å². The summed E-state index contributed by atoms with van der Waals surface area (Å²) in [6, 6.07) is 30.3. The van der Waals surface area contributed by atoms with Crippen molar-refractivity contribution in [1.29, 1.82) is 0 Å². The molecule has 1 atom stereocenters. The van der Waals surface area contributed by atoms with E-state index in [-0.39, 0.29) is 23.5 Å². The topological polar surface area (TPSA) is 86.8 Å². The first kappa shape index (κ1) is 28.5. The van der Waals surface area contributed by atoms with Crippen LogP contribution < -0.4 is 9.62 Å². The molecular weight excluding hydrogens is 529 g/mol. The molecule has 0 saturated carbocycles. The van der Waals surface area contributed by atoms with Gasteiger partial charge >= 0.3 is 0 Å². The highest BCUT2D eigenvalue weighted by molar-refractivity contribution is 7.92. The van der Waals surface area contributed by atoms with Crippen LogP contribution in [0.25, 0.3) is 0 Å². The number of likely N-dealkylation sites (N-methyl/N-ethyl adjacent to an activating group) is 1. The van der Waals surface area contributed by atoms with Gasteiger partial charge < -0.3 is 10.2 Å². The van der Waals surface area contributed by atoms with Crippen molar-refractivity contribution in [2.75, 3.05) is 17.9 Å². The van der Waals surface area contributed by atoms with Gasteiger partial charge in [-0.15, -0.1) is 0 Å². The van der Waals surface area contributed by atoms with E-state index in [1.807, 2.05) is 60.7 Å². The Kier molecular flexibility index (Phi) is 9.29. The smallest absolute Gasteiger partial charge is 0.264 e. The Morgan fingerprint density at radius 3 is 1.88 bits per heavy atom. The first-order valence-electron chi connectivity index (χ1n) is 12.7. The minimum Gasteiger partial charge on any atom is -0.357 e. The normalized spacial score (nSPS) is 11.8. The molecule has 0 aliphatic rings. The van der Waals surface area contributed by atoms with Gasteiger partial charge in [-0.25, -0.2) is 12.8 Å². The number of carbonyl (C=O) groups is 2. The Morgan fingerprint density at radius 2 is 1.30 bits per heavy atom. The van der Waals surface area contributed by atoms with Crippen LogP contribution in [-0.2, 0) is 32.6 Å². The van der Waals surface area contributed by atoms with Crippen molar-refractivity contribution in [1.82, 2.24) is 10.2 Å². The minimum absolute atomic E-state index is 0.0427. The number of benzene rings is 4. The number of halogens is 1. The van der Waals surface area contributed by atoms with Crippen LogP contribution in [0.3, 0.4) is 0 Å². The Hall–Kier alpha value is -4.50. The number of amides is 2. The Bertz CT molecular complexity index is 1530. The molecule has 0 aromatic heterocycles. The molecule has 0 saturated heterocycles. The number of sulfonamides is 1. The number of carbonyl (C=O) groups excluding carboxylic acids is 2. The molecular formula is C31H30FN3O4S. The lowest BCUT2D eigenvalue weighted by molar-refractivity contribution is -0.139. The Balaban J connectivity index is 1.78. The summed E-state index contributed by atoms with van der Waals surface area (Å²) in [5.41, 5.74) is 1.31. The number of nitrogens with one attached hydrogen (secondary N) is 1. The van der Waals surface area contributed by atoms with E-state index in [0.717, 1.165) is 21.5 Å². The summed E-state index contributed by atoms with van der Waals surface area (Å²) in [7, 11) is -2.86. The Labute approximate surface area is 233 Å². The lowest BCUT2D eigenvalue weighted by Crippen LogP contribution is -2.53. The highest BCUT2D eigenvalue weighted by atomic mass is 32.2. The monoisotopic (exact) mass is 559 g/mol. The molecule has 206 valence electrons. The standard InChI is InChI=1S/C31H30FN3O4S/c1-33-31(37)29(21-24-13-5-2-6-14-24)34(22-25-15-7-3-8-16-25)30(36)23-35(28-20-12-11-19-27(28)32)40(38,39)26-17-9-4-10-18-26/h2-20,29H,21-23H2,1H3,(H,33,37)/t29-/m0/s1. The summed E-state index contributed by atoms with van der Waals surface area (Å²) in [6.07, 6.45) is 0.199. The fraction of sp³-hybridized carbons (Fsp3) is 0.161. The first-order chi connectivity index (χ1) is 19.3. The number of nitrogens with zero attached hydrogens (tertiary/aromatic N) is 2. The predicted molar refractivity (Wildman–Crippen MR) is 152 cm³/mol. The highest BCUT2D eigenvalue weighted by Gasteiger charge is 2.35. The summed E-state index contributed by atoms with van der Waals surface area (Å²) in [5.74, 6) is -1.86. The molecule has 4 rings (SSSR count). The van der Waals surface area contributed by atoms with Crippen molar-refractivity contribution in [3.63, 3.8) is 0 Å². The molecule has 9 heteroatoms. The third-order valence-electron chi connectivity index (χ3n) is 6.44. The van der Waals surface area contributed by atoms with Gasteiger partial charge in [0.2, 0.25) is 11.8 Å². The molecule has 0 aliphatic carbocycles. The molecule has 1 N–H and O–H groups in total. The number of rotatable bonds is 11. The van der Waals surface area contributed by atoms with Crippen LogP contribution in [0.4, 0.5) is 10.1 Å². The third-order valence-corrected chi connectivity index (χ3v) is 8.22. The fourth-order valence-corrected chi connectivity index (χ4v) is 5.83. The SMILES string of the molecule is CNC(=O)[C@H](Cc1ccccc1)N(Cc1ccccc1)C(=O)CN(c1ccccc1F)S(=O)(=O)c1ccccc1. The third kappa shape index (κ3) is 6.73. The lowest BCUT2D eigenvalue weighted by Gasteiger charge is -2.33. The highest BCUT2D eigenvalue weighted by Crippen LogP contribution is 2.27. The second-order valence-corrected chi connectivity index (χ2v) is 11.0. The van der Waals surface area contributed by atoms with E-state index in [1.54, 1.807) is 18.2 Å². The molecule has 4 aromatic rings. The Morgan fingerprint density at radius 1 is 0.775 bits per heavy atom. The van der Waals surface area contributed by atoms with Gasteiger partial charge in [0.1, 0.15) is 18.4 Å². The number of anilines is 1. The molecule has 0 aliphatic heterocycles. The molecule has 0 heterocycles. The lowest BCUT2D eigenvalue weighted by atomic mass is 10.0. The second kappa shape index (κ2) is 13.0. The number of hydrogen-bond acceptors (Lipinski definition) is 4. The van der Waals surface area contributed by atoms with Crippen LogP contribution in [0.15, 0.2) is 120 Å². The molecule has 0 bridgehead atoms. The van der Waals surface area contributed by atoms with Crippen molar-refractivity contribution in [3.8, 4) is 0 Å². The molecule has 40 heavy (non-hydrogen) atoms. The van der Waals surface area contributed by atoms with Gasteiger partial charge in [-0.3, -0.25) is 13.9 Å². The van der Waals surface area contributed by atoms with Crippen molar-refractivity contribution >= 4 is 27.5 Å². The zero-order valence-corrected chi connectivity index (χ0v) is 22.8. The summed E-state index contributed by atoms with van der Waals surface area (Å²) in [4.78, 5) is 28.5. The van der Waals surface area contributed by atoms with Crippen molar-refractivity contribution in [2.24, 2.45) is 0 Å². The molecule has 0 spiro atoms. The summed E-state index contributed by atoms with van der Waals surface area (Å²) in [6.45, 7) is -0.672. The van der Waals surface area contributed by atoms with E-state index < -0.39 is 40.2 Å². The quantitative estimate of drug-likeness (QED) is 0.295. The van der Waals surface area contributed by atoms with Crippen molar-refractivity contribution < 1.29 is 22.4 Å². The van der Waals surface area contributed by atoms with Gasteiger partial charge in [-0.2, -0.15) is 0 Å². The van der Waals surface area contributed by atoms with Crippen LogP contribution in [0.2, 0.25) is 0 Å². The van der Waals surface area contributed by atoms with Crippen LogP contribution in [0, 0.1) is 5.82 Å². The molecule has 4 aromatic carbocycles. The average Bonchev–Trinajstić information content (AvgIpc) is 2.99. The van der Waals surface area contributed by atoms with Gasteiger partial charge in [-0.05, 0) is 35.4 Å². The summed E-state index contributed by atoms with van der Waals surface area (Å²) < 4.78 is 43.3. The zero-order valence-electron chi connectivity index (χ0n) is 22.0. The van der Waals surface area contributed by atoms with E-state index in [2.05, 4.69) is 5.32 Å². The van der Waals surface area contributed by atoms with Gasteiger partial charge in [0.15, 0.2) is 0 Å². The largest absolute Gasteiger partial charge is 0.357 e. The summed E-state index contributed by atoms with van der Waals surface area (Å²) >= 11 is 0. The maximum absolute atomic E-state index is 15.0. The van der Waals surface area contributed by atoms with E-state index in [4.69, 9.17) is 0 Å². The van der Waals surface area contributed by atoms with Crippen LogP contribution in [-0.4, -0.2) is 44.8 Å². The van der Waals surface area contributed by atoms with Crippen LogP contribution >= 0.6 is 0 Å². The van der Waals surface area contributed by atoms with Crippen LogP contribution in [0.1, 0.15) is 11.1 Å². The van der Waals surface area contributed by atoms with E-state index in [9.17, 15) is 18.0 Å². The second-order valence-electron chi connectivity index (χ2n) is 9.10. The minimum atomic E-state index is -4.34. The van der Waals surface area contributed by atoms with Crippen molar-refractivity contribution in [3.05, 3.63) is 132 Å². The van der Waals surface area contributed by atoms with Crippen molar-refractivity contribution in [2.45, 2.75) is 23.9 Å². The molecule has 2 amide bonds. The number of hydrogen-bond donors (Lipinski definition) is 1. The van der Waals surface area contributed by atoms with Gasteiger partial charge in [0.25, 0.3) is 10.0 Å². The average molecular weight is 560 g/mol. The first-order valence-corrected chi connectivity index (χ1v) is 14.2. The fourth-order valence-electron chi connectivity index (χ4n) is 4.39. The predicted octanol–water partition coefficient (Wildman–Crippen LogP) is 4.41. The molecule has 0 radical (unpaired) electrons. The van der Waals surface area contributed by atoms with Crippen LogP contribution in [0.5, 0.6) is 0 Å². The maximum Gasteiger partial charge on any atom is 0.264 e. The molecule has 0 fully saturated rings. The molecule has 7 nitrogen and oxygen atoms in total. The molecule has 0 unspecified atom stereocenters. The van der Waals surface area contributed by atoms with Gasteiger partial charge in [0.05, 0.1) is 10.6 Å². The maximum atomic E-state index is 15.0. The number of para-hydroxylation sites is 1. The summed E-state index contributed by atoms with van der Waals surface area (Å²) in [5, 5.41) is 2.63. The van der Waals surface area contributed by atoms with Gasteiger partial charge in [-0.1, -0.05) is 91.0 Å².